The smallest absolute Gasteiger partial charge is 0.335 e. The molecule has 0 fully saturated rings. The number of hydrogen-bond acceptors (Lipinski definition) is 3. The van der Waals surface area contributed by atoms with Gasteiger partial charge in [-0.05, 0) is 24.5 Å². The first-order valence-corrected chi connectivity index (χ1v) is 7.26. The Bertz CT molecular complexity index is 482. The summed E-state index contributed by atoms with van der Waals surface area (Å²) >= 11 is 7.56. The molecule has 2 N–H and O–H groups in total. The number of aromatic carboxylic acids is 1. The van der Waals surface area contributed by atoms with E-state index in [2.05, 4.69) is 5.32 Å². The van der Waals surface area contributed by atoms with Crippen LogP contribution in [-0.4, -0.2) is 47.6 Å². The van der Waals surface area contributed by atoms with Gasteiger partial charge in [-0.15, -0.1) is 0 Å². The van der Waals surface area contributed by atoms with Gasteiger partial charge in [-0.25, -0.2) is 9.59 Å². The monoisotopic (exact) mass is 302 g/mol. The molecule has 0 bridgehead atoms. The van der Waals surface area contributed by atoms with Gasteiger partial charge in [-0.3, -0.25) is 0 Å². The van der Waals surface area contributed by atoms with Gasteiger partial charge in [0.2, 0.25) is 0 Å². The number of hydrogen-bond donors (Lipinski definition) is 2. The lowest BCUT2D eigenvalue weighted by Gasteiger charge is -2.18. The lowest BCUT2D eigenvalue weighted by atomic mass is 10.2. The Balaban J connectivity index is 2.78. The summed E-state index contributed by atoms with van der Waals surface area (Å²) in [6, 6.07) is 3.85. The molecule has 0 saturated heterocycles. The summed E-state index contributed by atoms with van der Waals surface area (Å²) in [6.45, 7) is 0.600. The zero-order valence-corrected chi connectivity index (χ0v) is 12.2. The van der Waals surface area contributed by atoms with Gasteiger partial charge in [-0.2, -0.15) is 11.8 Å². The van der Waals surface area contributed by atoms with Crippen molar-refractivity contribution in [2.24, 2.45) is 0 Å². The van der Waals surface area contributed by atoms with Gasteiger partial charge < -0.3 is 15.3 Å². The number of thioether (sulfide) groups is 1. The Morgan fingerprint density at radius 1 is 1.47 bits per heavy atom. The molecule has 0 unspecified atom stereocenters. The van der Waals surface area contributed by atoms with E-state index in [-0.39, 0.29) is 11.6 Å². The Morgan fingerprint density at radius 3 is 2.74 bits per heavy atom. The molecule has 19 heavy (non-hydrogen) atoms. The summed E-state index contributed by atoms with van der Waals surface area (Å²) in [5.74, 6) is -0.241. The Labute approximate surface area is 120 Å². The second-order valence-electron chi connectivity index (χ2n) is 3.84. The van der Waals surface area contributed by atoms with E-state index in [1.54, 1.807) is 18.8 Å². The highest BCUT2D eigenvalue weighted by atomic mass is 35.5. The number of carboxylic acids is 1. The van der Waals surface area contributed by atoms with Gasteiger partial charge >= 0.3 is 12.0 Å². The first kappa shape index (κ1) is 15.7. The number of carbonyl (C=O) groups excluding carboxylic acids is 1. The number of carbonyl (C=O) groups is 2. The quantitative estimate of drug-likeness (QED) is 0.877. The fraction of sp³-hybridized carbons (Fsp3) is 0.333. The number of rotatable bonds is 5. The molecule has 0 radical (unpaired) electrons. The van der Waals surface area contributed by atoms with Crippen molar-refractivity contribution in [3.8, 4) is 0 Å². The minimum Gasteiger partial charge on any atom is -0.478 e. The molecule has 0 atom stereocenters. The maximum Gasteiger partial charge on any atom is 0.335 e. The number of carboxylic acid groups (broad SMARTS) is 1. The molecule has 0 saturated carbocycles. The Kier molecular flexibility index (Phi) is 5.98. The number of nitrogens with one attached hydrogen (secondary N) is 1. The van der Waals surface area contributed by atoms with Gasteiger partial charge in [0.1, 0.15) is 0 Å². The molecule has 5 nitrogen and oxygen atoms in total. The molecule has 0 aliphatic carbocycles. The fourth-order valence-corrected chi connectivity index (χ4v) is 1.92. The van der Waals surface area contributed by atoms with Gasteiger partial charge in [0, 0.05) is 19.3 Å². The van der Waals surface area contributed by atoms with E-state index in [4.69, 9.17) is 16.7 Å². The van der Waals surface area contributed by atoms with Crippen LogP contribution in [0.3, 0.4) is 0 Å². The standard InChI is InChI=1S/C12H15ClN2O3S/c1-15(5-6-19-2)12(18)14-10-7-8(11(16)17)3-4-9(10)13/h3-4,7H,5-6H2,1-2H3,(H,14,18)(H,16,17). The van der Waals surface area contributed by atoms with Crippen LogP contribution in [-0.2, 0) is 0 Å². The fourth-order valence-electron chi connectivity index (χ4n) is 1.29. The number of benzene rings is 1. The van der Waals surface area contributed by atoms with E-state index in [1.807, 2.05) is 6.26 Å². The third-order valence-electron chi connectivity index (χ3n) is 2.43. The molecule has 0 spiro atoms. The third-order valence-corrected chi connectivity index (χ3v) is 3.35. The van der Waals surface area contributed by atoms with Crippen molar-refractivity contribution in [2.45, 2.75) is 0 Å². The summed E-state index contributed by atoms with van der Waals surface area (Å²) in [7, 11) is 1.67. The van der Waals surface area contributed by atoms with E-state index < -0.39 is 5.97 Å². The molecule has 0 aromatic heterocycles. The lowest BCUT2D eigenvalue weighted by molar-refractivity contribution is 0.0697. The van der Waals surface area contributed by atoms with Crippen molar-refractivity contribution in [1.82, 2.24) is 4.90 Å². The molecule has 0 heterocycles. The zero-order valence-electron chi connectivity index (χ0n) is 10.6. The molecule has 2 amide bonds. The maximum absolute atomic E-state index is 11.9. The number of nitrogens with zero attached hydrogens (tertiary/aromatic N) is 1. The highest BCUT2D eigenvalue weighted by Crippen LogP contribution is 2.23. The minimum absolute atomic E-state index is 0.0754. The maximum atomic E-state index is 11.9. The number of urea groups is 1. The van der Waals surface area contributed by atoms with Crippen LogP contribution in [0.1, 0.15) is 10.4 Å². The molecule has 0 aliphatic heterocycles. The first-order chi connectivity index (χ1) is 8.95. The zero-order chi connectivity index (χ0) is 14.4. The highest BCUT2D eigenvalue weighted by molar-refractivity contribution is 7.98. The molecular formula is C12H15ClN2O3S. The van der Waals surface area contributed by atoms with Crippen LogP contribution in [0, 0.1) is 0 Å². The van der Waals surface area contributed by atoms with Crippen molar-refractivity contribution in [1.29, 1.82) is 0 Å². The summed E-state index contributed by atoms with van der Waals surface area (Å²) in [6.07, 6.45) is 1.96. The topological polar surface area (TPSA) is 69.6 Å². The largest absolute Gasteiger partial charge is 0.478 e. The van der Waals surface area contributed by atoms with Crippen LogP contribution in [0.15, 0.2) is 18.2 Å². The Hall–Kier alpha value is -1.40. The summed E-state index contributed by atoms with van der Waals surface area (Å²) < 4.78 is 0. The molecule has 1 aromatic rings. The molecule has 104 valence electrons. The number of anilines is 1. The highest BCUT2D eigenvalue weighted by Gasteiger charge is 2.12. The van der Waals surface area contributed by atoms with Gasteiger partial charge in [-0.1, -0.05) is 11.6 Å². The lowest BCUT2D eigenvalue weighted by Crippen LogP contribution is -2.33. The summed E-state index contributed by atoms with van der Waals surface area (Å²) in [5.41, 5.74) is 0.369. The first-order valence-electron chi connectivity index (χ1n) is 5.49. The van der Waals surface area contributed by atoms with Crippen LogP contribution in [0.5, 0.6) is 0 Å². The van der Waals surface area contributed by atoms with E-state index in [0.29, 0.717) is 17.3 Å². The van der Waals surface area contributed by atoms with E-state index >= 15 is 0 Å². The minimum atomic E-state index is -1.07. The SMILES string of the molecule is CSCCN(C)C(=O)Nc1cc(C(=O)O)ccc1Cl. The second kappa shape index (κ2) is 7.25. The normalized spacial score (nSPS) is 10.1. The van der Waals surface area contributed by atoms with E-state index in [9.17, 15) is 9.59 Å². The molecule has 7 heteroatoms. The van der Waals surface area contributed by atoms with Gasteiger partial charge in [0.15, 0.2) is 0 Å². The van der Waals surface area contributed by atoms with Crippen LogP contribution in [0.2, 0.25) is 5.02 Å². The van der Waals surface area contributed by atoms with Crippen LogP contribution in [0.25, 0.3) is 0 Å². The average Bonchev–Trinajstić information content (AvgIpc) is 2.38. The van der Waals surface area contributed by atoms with Gasteiger partial charge in [0.05, 0.1) is 16.3 Å². The molecule has 0 aliphatic rings. The number of amides is 2. The predicted molar refractivity (Wildman–Crippen MR) is 78.4 cm³/mol. The van der Waals surface area contributed by atoms with Crippen molar-refractivity contribution >= 4 is 41.1 Å². The van der Waals surface area contributed by atoms with Crippen LogP contribution >= 0.6 is 23.4 Å². The van der Waals surface area contributed by atoms with Crippen LogP contribution in [0.4, 0.5) is 10.5 Å². The van der Waals surface area contributed by atoms with Crippen molar-refractivity contribution in [3.05, 3.63) is 28.8 Å². The average molecular weight is 303 g/mol. The number of halogens is 1. The van der Waals surface area contributed by atoms with E-state index in [0.717, 1.165) is 5.75 Å². The molecular weight excluding hydrogens is 288 g/mol. The van der Waals surface area contributed by atoms with Crippen LogP contribution < -0.4 is 5.32 Å². The van der Waals surface area contributed by atoms with Crippen molar-refractivity contribution in [3.63, 3.8) is 0 Å². The molecule has 1 rings (SSSR count). The summed E-state index contributed by atoms with van der Waals surface area (Å²) in [4.78, 5) is 24.2. The van der Waals surface area contributed by atoms with E-state index in [1.165, 1.54) is 23.1 Å². The second-order valence-corrected chi connectivity index (χ2v) is 5.24. The third kappa shape index (κ3) is 4.65. The van der Waals surface area contributed by atoms with Gasteiger partial charge in [0.25, 0.3) is 0 Å². The predicted octanol–water partition coefficient (Wildman–Crippen LogP) is 2.86. The van der Waals surface area contributed by atoms with Crippen molar-refractivity contribution in [2.75, 3.05) is 30.9 Å². The molecule has 1 aromatic carbocycles. The summed E-state index contributed by atoms with van der Waals surface area (Å²) in [5, 5.41) is 11.8. The Morgan fingerprint density at radius 2 is 2.16 bits per heavy atom. The van der Waals surface area contributed by atoms with Crippen molar-refractivity contribution < 1.29 is 14.7 Å².